The fourth-order valence-electron chi connectivity index (χ4n) is 3.75. The zero-order chi connectivity index (χ0) is 19.8. The molecule has 0 radical (unpaired) electrons. The molecule has 0 aliphatic carbocycles. The first kappa shape index (κ1) is 19.0. The number of halogens is 1. The molecule has 5 nitrogen and oxygen atoms in total. The van der Waals surface area contributed by atoms with Gasteiger partial charge in [0, 0.05) is 30.1 Å². The summed E-state index contributed by atoms with van der Waals surface area (Å²) in [5.74, 6) is -0.875. The topological polar surface area (TPSA) is 68.5 Å². The van der Waals surface area contributed by atoms with Crippen molar-refractivity contribution in [2.75, 3.05) is 13.1 Å². The number of thiophene rings is 1. The first-order valence-corrected chi connectivity index (χ1v) is 10.1. The number of primary amides is 1. The molecule has 1 aromatic carbocycles. The van der Waals surface area contributed by atoms with Crippen LogP contribution in [-0.4, -0.2) is 41.1 Å². The predicted octanol–water partition coefficient (Wildman–Crippen LogP) is 3.81. The molecular formula is C21H22FN3O2S. The molecule has 1 saturated heterocycles. The Labute approximate surface area is 166 Å². The Morgan fingerprint density at radius 1 is 1.25 bits per heavy atom. The lowest BCUT2D eigenvalue weighted by Gasteiger charge is -2.34. The van der Waals surface area contributed by atoms with Crippen molar-refractivity contribution >= 4 is 27.5 Å². The maximum Gasteiger partial charge on any atom is 0.267 e. The number of ether oxygens (including phenoxy) is 1. The number of pyridine rings is 1. The third-order valence-corrected chi connectivity index (χ3v) is 5.95. The van der Waals surface area contributed by atoms with Gasteiger partial charge >= 0.3 is 0 Å². The lowest BCUT2D eigenvalue weighted by Crippen LogP contribution is -2.44. The van der Waals surface area contributed by atoms with Crippen LogP contribution in [0.1, 0.15) is 29.2 Å². The van der Waals surface area contributed by atoms with Gasteiger partial charge in [0.25, 0.3) is 5.91 Å². The summed E-state index contributed by atoms with van der Waals surface area (Å²) >= 11 is 1.65. The molecule has 3 heterocycles. The monoisotopic (exact) mass is 399 g/mol. The van der Waals surface area contributed by atoms with Crippen molar-refractivity contribution in [2.45, 2.75) is 32.6 Å². The van der Waals surface area contributed by atoms with Gasteiger partial charge in [0.1, 0.15) is 11.5 Å². The van der Waals surface area contributed by atoms with Crippen molar-refractivity contribution in [2.24, 2.45) is 5.73 Å². The zero-order valence-corrected chi connectivity index (χ0v) is 16.6. The van der Waals surface area contributed by atoms with Gasteiger partial charge in [0.05, 0.1) is 22.4 Å². The summed E-state index contributed by atoms with van der Waals surface area (Å²) in [5, 5.41) is 0. The van der Waals surface area contributed by atoms with Crippen molar-refractivity contribution in [1.82, 2.24) is 9.88 Å². The van der Waals surface area contributed by atoms with Gasteiger partial charge in [-0.3, -0.25) is 9.69 Å². The number of hydrogen-bond donors (Lipinski definition) is 1. The van der Waals surface area contributed by atoms with Crippen molar-refractivity contribution in [3.8, 4) is 11.1 Å². The van der Waals surface area contributed by atoms with E-state index in [2.05, 4.69) is 23.7 Å². The van der Waals surface area contributed by atoms with Crippen LogP contribution in [0.3, 0.4) is 0 Å². The highest BCUT2D eigenvalue weighted by atomic mass is 32.1. The van der Waals surface area contributed by atoms with Gasteiger partial charge in [-0.05, 0) is 43.7 Å². The quantitative estimate of drug-likeness (QED) is 0.724. The number of rotatable bonds is 4. The van der Waals surface area contributed by atoms with Crippen LogP contribution in [0, 0.1) is 5.82 Å². The van der Waals surface area contributed by atoms with E-state index < -0.39 is 5.91 Å². The molecule has 0 bridgehead atoms. The van der Waals surface area contributed by atoms with Crippen LogP contribution in [0.25, 0.3) is 21.3 Å². The Balaban J connectivity index is 1.74. The van der Waals surface area contributed by atoms with Gasteiger partial charge in [-0.15, -0.1) is 11.3 Å². The number of fused-ring (bicyclic) bond motifs is 1. The normalized spacial score (nSPS) is 20.5. The number of hydrogen-bond acceptors (Lipinski definition) is 5. The van der Waals surface area contributed by atoms with Crippen molar-refractivity contribution in [3.63, 3.8) is 0 Å². The summed E-state index contributed by atoms with van der Waals surface area (Å²) in [6.45, 7) is 6.72. The van der Waals surface area contributed by atoms with Gasteiger partial charge in [-0.1, -0.05) is 12.1 Å². The first-order chi connectivity index (χ1) is 13.4. The fraction of sp³-hybridized carbons (Fsp3) is 0.333. The van der Waals surface area contributed by atoms with Crippen LogP contribution in [0.15, 0.2) is 36.4 Å². The smallest absolute Gasteiger partial charge is 0.267 e. The van der Waals surface area contributed by atoms with Crippen LogP contribution < -0.4 is 5.73 Å². The first-order valence-electron chi connectivity index (χ1n) is 9.26. The summed E-state index contributed by atoms with van der Waals surface area (Å²) < 4.78 is 20.1. The molecule has 0 saturated carbocycles. The van der Waals surface area contributed by atoms with Crippen LogP contribution in [-0.2, 0) is 11.3 Å². The maximum atomic E-state index is 13.4. The summed E-state index contributed by atoms with van der Waals surface area (Å²) in [4.78, 5) is 19.7. The number of carbonyl (C=O) groups is 1. The van der Waals surface area contributed by atoms with E-state index in [-0.39, 0.29) is 23.7 Å². The molecule has 7 heteroatoms. The second kappa shape index (κ2) is 7.58. The molecule has 1 amide bonds. The van der Waals surface area contributed by atoms with E-state index >= 15 is 0 Å². The van der Waals surface area contributed by atoms with E-state index in [1.54, 1.807) is 29.5 Å². The largest absolute Gasteiger partial charge is 0.373 e. The minimum atomic E-state index is -0.575. The van der Waals surface area contributed by atoms with E-state index in [0.717, 1.165) is 45.9 Å². The number of carbonyl (C=O) groups excluding carboxylic acids is 1. The highest BCUT2D eigenvalue weighted by Crippen LogP contribution is 2.35. The van der Waals surface area contributed by atoms with E-state index in [1.165, 1.54) is 12.1 Å². The van der Waals surface area contributed by atoms with E-state index in [0.29, 0.717) is 0 Å². The number of morpholine rings is 1. The molecule has 1 fully saturated rings. The second-order valence-corrected chi connectivity index (χ2v) is 8.44. The van der Waals surface area contributed by atoms with Crippen LogP contribution >= 0.6 is 11.3 Å². The van der Waals surface area contributed by atoms with E-state index in [4.69, 9.17) is 10.5 Å². The standard InChI is InChI=1S/C21H22FN3O2S/c1-12-9-25(10-13(2)27-12)11-16-7-18-20(28-16)17(8-19(24-18)21(23)26)14-3-5-15(22)6-4-14/h3-8,12-13H,9-11H2,1-2H3,(H2,23,26)/t12-,13+. The van der Waals surface area contributed by atoms with Crippen molar-refractivity contribution in [1.29, 1.82) is 0 Å². The van der Waals surface area contributed by atoms with E-state index in [9.17, 15) is 9.18 Å². The average Bonchev–Trinajstić information content (AvgIpc) is 3.03. The lowest BCUT2D eigenvalue weighted by molar-refractivity contribution is -0.0702. The number of nitrogens with two attached hydrogens (primary N) is 1. The summed E-state index contributed by atoms with van der Waals surface area (Å²) in [6, 6.07) is 9.95. The predicted molar refractivity (Wildman–Crippen MR) is 109 cm³/mol. The maximum absolute atomic E-state index is 13.4. The Morgan fingerprint density at radius 2 is 1.93 bits per heavy atom. The molecule has 28 heavy (non-hydrogen) atoms. The zero-order valence-electron chi connectivity index (χ0n) is 15.8. The molecule has 3 aromatic rings. The Hall–Kier alpha value is -2.35. The number of aromatic nitrogens is 1. The Bertz CT molecular complexity index is 1010. The van der Waals surface area contributed by atoms with Crippen molar-refractivity contribution in [3.05, 3.63) is 52.8 Å². The third-order valence-electron chi connectivity index (χ3n) is 4.81. The third kappa shape index (κ3) is 3.92. The van der Waals surface area contributed by atoms with Crippen LogP contribution in [0.2, 0.25) is 0 Å². The van der Waals surface area contributed by atoms with E-state index in [1.807, 2.05) is 6.07 Å². The molecule has 2 aromatic heterocycles. The van der Waals surface area contributed by atoms with Gasteiger partial charge in [0.2, 0.25) is 0 Å². The van der Waals surface area contributed by atoms with Crippen LogP contribution in [0.5, 0.6) is 0 Å². The van der Waals surface area contributed by atoms with Gasteiger partial charge < -0.3 is 10.5 Å². The number of benzene rings is 1. The molecule has 1 aliphatic heterocycles. The second-order valence-electron chi connectivity index (χ2n) is 7.30. The minimum absolute atomic E-state index is 0.201. The molecule has 2 atom stereocenters. The summed E-state index contributed by atoms with van der Waals surface area (Å²) in [5.41, 5.74) is 8.11. The molecular weight excluding hydrogens is 377 g/mol. The highest BCUT2D eigenvalue weighted by molar-refractivity contribution is 7.19. The molecule has 4 rings (SSSR count). The Kier molecular flexibility index (Phi) is 5.14. The molecule has 0 unspecified atom stereocenters. The highest BCUT2D eigenvalue weighted by Gasteiger charge is 2.23. The van der Waals surface area contributed by atoms with Gasteiger partial charge in [-0.25, -0.2) is 9.37 Å². The van der Waals surface area contributed by atoms with Gasteiger partial charge in [-0.2, -0.15) is 0 Å². The molecule has 0 spiro atoms. The van der Waals surface area contributed by atoms with Crippen LogP contribution in [0.4, 0.5) is 4.39 Å². The van der Waals surface area contributed by atoms with Crippen molar-refractivity contribution < 1.29 is 13.9 Å². The summed E-state index contributed by atoms with van der Waals surface area (Å²) in [6.07, 6.45) is 0.403. The Morgan fingerprint density at radius 3 is 2.57 bits per heavy atom. The lowest BCUT2D eigenvalue weighted by atomic mass is 10.0. The fourth-order valence-corrected chi connectivity index (χ4v) is 4.93. The average molecular weight is 399 g/mol. The number of amides is 1. The molecule has 1 aliphatic rings. The summed E-state index contributed by atoms with van der Waals surface area (Å²) in [7, 11) is 0. The SMILES string of the molecule is C[C@@H]1CN(Cc2cc3nc(C(N)=O)cc(-c4ccc(F)cc4)c3s2)C[C@H](C)O1. The van der Waals surface area contributed by atoms with Gasteiger partial charge in [0.15, 0.2) is 0 Å². The number of nitrogens with zero attached hydrogens (tertiary/aromatic N) is 2. The molecule has 2 N–H and O–H groups in total. The minimum Gasteiger partial charge on any atom is -0.373 e. The molecule has 146 valence electrons.